The number of hydrogen-bond acceptors (Lipinski definition) is 2. The van der Waals surface area contributed by atoms with Crippen LogP contribution >= 0.6 is 0 Å². The molecule has 2 heteroatoms. The van der Waals surface area contributed by atoms with Gasteiger partial charge < -0.3 is 5.11 Å². The molecule has 2 nitrogen and oxygen atoms in total. The van der Waals surface area contributed by atoms with E-state index in [4.69, 9.17) is 0 Å². The minimum Gasteiger partial charge on any atom is -0.392 e. The molecule has 1 N–H and O–H groups in total. The molecule has 0 aromatic heterocycles. The van der Waals surface area contributed by atoms with Crippen molar-refractivity contribution in [3.63, 3.8) is 0 Å². The predicted octanol–water partition coefficient (Wildman–Crippen LogP) is 6.57. The van der Waals surface area contributed by atoms with Gasteiger partial charge in [0, 0.05) is 18.8 Å². The van der Waals surface area contributed by atoms with E-state index in [0.717, 1.165) is 38.0 Å². The molecule has 3 saturated carbocycles. The summed E-state index contributed by atoms with van der Waals surface area (Å²) in [4.78, 5) is 12.1. The van der Waals surface area contributed by atoms with Crippen molar-refractivity contribution in [2.75, 3.05) is 0 Å². The number of rotatable bonds is 5. The number of allylic oxidation sites excluding steroid dienone is 1. The van der Waals surface area contributed by atoms with E-state index in [9.17, 15) is 9.90 Å². The molecule has 3 fully saturated rings. The topological polar surface area (TPSA) is 37.3 Å². The monoisotopic (exact) mass is 400 g/mol. The highest BCUT2D eigenvalue weighted by molar-refractivity contribution is 5.79. The molecule has 0 aromatic carbocycles. The van der Waals surface area contributed by atoms with Crippen LogP contribution in [-0.2, 0) is 4.79 Å². The van der Waals surface area contributed by atoms with E-state index in [2.05, 4.69) is 40.7 Å². The lowest BCUT2D eigenvalue weighted by Gasteiger charge is -2.57. The lowest BCUT2D eigenvalue weighted by molar-refractivity contribution is -0.127. The van der Waals surface area contributed by atoms with Crippen LogP contribution in [0.25, 0.3) is 0 Å². The summed E-state index contributed by atoms with van der Waals surface area (Å²) in [6.45, 7) is 12.1. The van der Waals surface area contributed by atoms with Gasteiger partial charge in [0.05, 0.1) is 6.10 Å². The maximum Gasteiger partial charge on any atom is 0.133 e. The smallest absolute Gasteiger partial charge is 0.133 e. The Morgan fingerprint density at radius 2 is 1.90 bits per heavy atom. The summed E-state index contributed by atoms with van der Waals surface area (Å²) >= 11 is 0. The van der Waals surface area contributed by atoms with Crippen molar-refractivity contribution in [1.29, 1.82) is 0 Å². The highest BCUT2D eigenvalue weighted by Crippen LogP contribution is 2.66. The van der Waals surface area contributed by atoms with E-state index >= 15 is 0 Å². The maximum absolute atomic E-state index is 12.1. The van der Waals surface area contributed by atoms with Crippen molar-refractivity contribution in [1.82, 2.24) is 0 Å². The summed E-state index contributed by atoms with van der Waals surface area (Å²) < 4.78 is 0. The second-order valence-electron chi connectivity index (χ2n) is 12.2. The average Bonchev–Trinajstić information content (AvgIpc) is 2.93. The van der Waals surface area contributed by atoms with Gasteiger partial charge in [-0.15, -0.1) is 0 Å². The van der Waals surface area contributed by atoms with Crippen LogP contribution in [0.5, 0.6) is 0 Å². The first-order chi connectivity index (χ1) is 13.7. The lowest BCUT2D eigenvalue weighted by Crippen LogP contribution is -2.50. The maximum atomic E-state index is 12.1. The van der Waals surface area contributed by atoms with Crippen LogP contribution in [0.1, 0.15) is 98.8 Å². The number of ketones is 1. The molecule has 0 spiro atoms. The van der Waals surface area contributed by atoms with Gasteiger partial charge in [0.15, 0.2) is 0 Å². The van der Waals surface area contributed by atoms with Gasteiger partial charge in [0.2, 0.25) is 0 Å². The third-order valence-electron chi connectivity index (χ3n) is 10.1. The van der Waals surface area contributed by atoms with E-state index in [1.54, 1.807) is 5.57 Å². The third kappa shape index (κ3) is 3.56. The Balaban J connectivity index is 1.55. The number of hydrogen-bond donors (Lipinski definition) is 1. The minimum absolute atomic E-state index is 0.169. The van der Waals surface area contributed by atoms with E-state index < -0.39 is 0 Å². The largest absolute Gasteiger partial charge is 0.392 e. The van der Waals surface area contributed by atoms with Gasteiger partial charge in [-0.2, -0.15) is 0 Å². The average molecular weight is 401 g/mol. The first kappa shape index (κ1) is 21.6. The fraction of sp³-hybridized carbons (Fsp3) is 0.889. The van der Waals surface area contributed by atoms with Crippen molar-refractivity contribution < 1.29 is 9.90 Å². The molecule has 0 amide bonds. The Labute approximate surface area is 178 Å². The summed E-state index contributed by atoms with van der Waals surface area (Å²) in [5, 5.41) is 11.3. The van der Waals surface area contributed by atoms with E-state index in [-0.39, 0.29) is 16.9 Å². The van der Waals surface area contributed by atoms with E-state index in [1.807, 2.05) is 0 Å². The second kappa shape index (κ2) is 7.81. The minimum atomic E-state index is -0.169. The summed E-state index contributed by atoms with van der Waals surface area (Å²) in [5.74, 6) is 4.10. The molecule has 0 radical (unpaired) electrons. The Bertz CT molecular complexity index is 663. The first-order valence-corrected chi connectivity index (χ1v) is 12.6. The van der Waals surface area contributed by atoms with Gasteiger partial charge >= 0.3 is 0 Å². The van der Waals surface area contributed by atoms with Crippen molar-refractivity contribution in [3.8, 4) is 0 Å². The van der Waals surface area contributed by atoms with Gasteiger partial charge in [-0.05, 0) is 72.5 Å². The van der Waals surface area contributed by atoms with Crippen LogP contribution in [0.4, 0.5) is 0 Å². The normalized spacial score (nSPS) is 45.4. The summed E-state index contributed by atoms with van der Waals surface area (Å²) in [7, 11) is 0. The fourth-order valence-corrected chi connectivity index (χ4v) is 8.34. The summed E-state index contributed by atoms with van der Waals surface area (Å²) in [5.41, 5.74) is 2.13. The molecule has 0 bridgehead atoms. The first-order valence-electron chi connectivity index (χ1n) is 12.6. The Kier molecular flexibility index (Phi) is 5.82. The highest BCUT2D eigenvalue weighted by atomic mass is 16.3. The number of aliphatic hydroxyl groups excluding tert-OH is 1. The van der Waals surface area contributed by atoms with Gasteiger partial charge in [-0.25, -0.2) is 0 Å². The van der Waals surface area contributed by atoms with Crippen LogP contribution in [0.3, 0.4) is 0 Å². The lowest BCUT2D eigenvalue weighted by atomic mass is 9.47. The second-order valence-corrected chi connectivity index (χ2v) is 12.2. The van der Waals surface area contributed by atoms with E-state index in [1.165, 1.54) is 32.1 Å². The van der Waals surface area contributed by atoms with Crippen molar-refractivity contribution in [2.45, 2.75) is 105 Å². The fourth-order valence-electron chi connectivity index (χ4n) is 8.34. The molecule has 164 valence electrons. The van der Waals surface area contributed by atoms with Crippen molar-refractivity contribution in [3.05, 3.63) is 11.6 Å². The zero-order valence-electron chi connectivity index (χ0n) is 19.5. The number of Topliss-reactive ketones (excluding diaryl/α,β-unsaturated/α-hetero) is 1. The molecular formula is C27H44O2. The highest BCUT2D eigenvalue weighted by Gasteiger charge is 2.60. The molecule has 4 aliphatic rings. The van der Waals surface area contributed by atoms with Crippen LogP contribution < -0.4 is 0 Å². The van der Waals surface area contributed by atoms with Gasteiger partial charge in [-0.3, -0.25) is 4.79 Å². The Morgan fingerprint density at radius 1 is 1.14 bits per heavy atom. The molecule has 8 atom stereocenters. The van der Waals surface area contributed by atoms with Crippen LogP contribution in [0.15, 0.2) is 11.6 Å². The van der Waals surface area contributed by atoms with Gasteiger partial charge in [0.25, 0.3) is 0 Å². The molecule has 0 aliphatic heterocycles. The number of carbonyl (C=O) groups is 1. The van der Waals surface area contributed by atoms with Crippen LogP contribution in [-0.4, -0.2) is 17.0 Å². The number of aliphatic hydroxyl groups is 1. The predicted molar refractivity (Wildman–Crippen MR) is 119 cm³/mol. The van der Waals surface area contributed by atoms with E-state index in [0.29, 0.717) is 35.4 Å². The molecule has 29 heavy (non-hydrogen) atoms. The standard InChI is InChI=1S/C27H44O2/c1-17(2)7-6-8-18(3)23-16-24(29)25-21-10-9-19-15-20(28)11-13-26(19,4)22(21)12-14-27(23,25)5/h10,17-19,22-25,29H,6-9,11-16H2,1-5H3/t18-,19+,22+,23-,24-,25+,26+,27-/m1/s1. The van der Waals surface area contributed by atoms with Gasteiger partial charge in [0.1, 0.15) is 5.78 Å². The number of fused-ring (bicyclic) bond motifs is 5. The van der Waals surface area contributed by atoms with Crippen LogP contribution in [0, 0.1) is 46.3 Å². The van der Waals surface area contributed by atoms with Crippen molar-refractivity contribution >= 4 is 5.78 Å². The quantitative estimate of drug-likeness (QED) is 0.530. The van der Waals surface area contributed by atoms with Crippen molar-refractivity contribution in [2.24, 2.45) is 46.3 Å². The molecule has 0 heterocycles. The number of carbonyl (C=O) groups excluding carboxylic acids is 1. The Morgan fingerprint density at radius 3 is 2.62 bits per heavy atom. The molecule has 4 aliphatic carbocycles. The third-order valence-corrected chi connectivity index (χ3v) is 10.1. The Hall–Kier alpha value is -0.630. The summed E-state index contributed by atoms with van der Waals surface area (Å²) in [6, 6.07) is 0. The molecule has 0 unspecified atom stereocenters. The van der Waals surface area contributed by atoms with Crippen LogP contribution in [0.2, 0.25) is 0 Å². The molecule has 0 aromatic rings. The SMILES string of the molecule is CC(C)CCC[C@@H](C)[C@H]1C[C@@H](O)[C@@H]2C3=CC[C@H]4CC(=O)CC[C@]4(C)[C@H]3CC[C@]12C. The zero-order valence-corrected chi connectivity index (χ0v) is 19.5. The summed E-state index contributed by atoms with van der Waals surface area (Å²) in [6.07, 6.45) is 13.5. The molecule has 4 rings (SSSR count). The molecular weight excluding hydrogens is 356 g/mol. The zero-order chi connectivity index (χ0) is 21.0. The molecule has 0 saturated heterocycles. The van der Waals surface area contributed by atoms with Gasteiger partial charge in [-0.1, -0.05) is 65.5 Å².